The van der Waals surface area contributed by atoms with Gasteiger partial charge in [0.15, 0.2) is 0 Å². The van der Waals surface area contributed by atoms with Gasteiger partial charge in [0, 0.05) is 5.33 Å². The first-order chi connectivity index (χ1) is 5.65. The minimum absolute atomic E-state index is 0.117. The molecule has 0 aromatic rings. The summed E-state index contributed by atoms with van der Waals surface area (Å²) in [5.41, 5.74) is 0. The van der Waals surface area contributed by atoms with Crippen molar-refractivity contribution in [2.45, 2.75) is 23.8 Å². The first kappa shape index (κ1) is 10.6. The number of rotatable bonds is 4. The van der Waals surface area contributed by atoms with Crippen molar-refractivity contribution in [2.75, 3.05) is 5.33 Å². The van der Waals surface area contributed by atoms with Gasteiger partial charge in [-0.1, -0.05) is 15.9 Å². The van der Waals surface area contributed by atoms with Crippen molar-refractivity contribution < 1.29 is 9.53 Å². The normalized spacial score (nSPS) is 19.3. The molecule has 70 valence electrons. The van der Waals surface area contributed by atoms with Gasteiger partial charge in [0.25, 0.3) is 0 Å². The number of esters is 1. The summed E-state index contributed by atoms with van der Waals surface area (Å²) in [6, 6.07) is 0. The molecule has 1 aliphatic rings. The van der Waals surface area contributed by atoms with Crippen LogP contribution in [0.5, 0.6) is 0 Å². The fourth-order valence-corrected chi connectivity index (χ4v) is 2.12. The van der Waals surface area contributed by atoms with Gasteiger partial charge in [0.05, 0.1) is 5.92 Å². The molecule has 1 aliphatic carbocycles. The zero-order valence-electron chi connectivity index (χ0n) is 6.30. The van der Waals surface area contributed by atoms with E-state index in [-0.39, 0.29) is 12.1 Å². The molecule has 12 heavy (non-hydrogen) atoms. The molecular weight excluding hydrogens is 267 g/mol. The first-order valence-corrected chi connectivity index (χ1v) is 5.69. The molecule has 5 heteroatoms. The average molecular weight is 276 g/mol. The van der Waals surface area contributed by atoms with E-state index >= 15 is 0 Å². The molecule has 0 amide bonds. The summed E-state index contributed by atoms with van der Waals surface area (Å²) < 4.78 is 5.04. The lowest BCUT2D eigenvalue weighted by molar-refractivity contribution is -0.148. The van der Waals surface area contributed by atoms with Gasteiger partial charge in [-0.15, -0.1) is 23.2 Å². The molecule has 0 aromatic carbocycles. The van der Waals surface area contributed by atoms with Crippen LogP contribution in [0.1, 0.15) is 12.8 Å². The van der Waals surface area contributed by atoms with Gasteiger partial charge in [0.1, 0.15) is 10.9 Å². The molecule has 0 aromatic heterocycles. The predicted octanol–water partition coefficient (Wildman–Crippen LogP) is 2.51. The minimum atomic E-state index is -0.698. The van der Waals surface area contributed by atoms with Crippen molar-refractivity contribution in [1.29, 1.82) is 0 Å². The molecule has 0 spiro atoms. The monoisotopic (exact) mass is 274 g/mol. The van der Waals surface area contributed by atoms with Gasteiger partial charge in [0.2, 0.25) is 0 Å². The second kappa shape index (κ2) is 4.68. The summed E-state index contributed by atoms with van der Waals surface area (Å²) in [4.78, 5) is 10.5. The Morgan fingerprint density at radius 2 is 2.17 bits per heavy atom. The van der Waals surface area contributed by atoms with Gasteiger partial charge in [-0.05, 0) is 12.8 Å². The molecule has 2 nitrogen and oxygen atoms in total. The second-order valence-corrected chi connectivity index (χ2v) is 4.54. The second-order valence-electron chi connectivity index (χ2n) is 2.73. The zero-order valence-corrected chi connectivity index (χ0v) is 9.40. The maximum atomic E-state index is 11.2. The third-order valence-electron chi connectivity index (χ3n) is 1.58. The molecule has 1 atom stereocenters. The maximum absolute atomic E-state index is 11.2. The first-order valence-electron chi connectivity index (χ1n) is 3.69. The van der Waals surface area contributed by atoms with E-state index in [9.17, 15) is 4.79 Å². The third kappa shape index (κ3) is 3.11. The summed E-state index contributed by atoms with van der Waals surface area (Å²) in [5.74, 6) is -0.752. The molecule has 0 saturated heterocycles. The van der Waals surface area contributed by atoms with E-state index in [0.717, 1.165) is 12.8 Å². The average Bonchev–Trinajstić information content (AvgIpc) is 2.71. The lowest BCUT2D eigenvalue weighted by atomic mass is 10.2. The van der Waals surface area contributed by atoms with Gasteiger partial charge in [-0.3, -0.25) is 4.79 Å². The van der Waals surface area contributed by atoms with Crippen molar-refractivity contribution in [3.63, 3.8) is 0 Å². The molecule has 0 radical (unpaired) electrons. The Bertz CT molecular complexity index is 171. The van der Waals surface area contributed by atoms with E-state index < -0.39 is 10.8 Å². The third-order valence-corrected chi connectivity index (χ3v) is 2.89. The Kier molecular flexibility index (Phi) is 4.14. The van der Waals surface area contributed by atoms with E-state index in [1.54, 1.807) is 0 Å². The van der Waals surface area contributed by atoms with Crippen LogP contribution in [-0.4, -0.2) is 22.2 Å². The summed E-state index contributed by atoms with van der Waals surface area (Å²) in [6.45, 7) is 0. The smallest absolute Gasteiger partial charge is 0.312 e. The van der Waals surface area contributed by atoms with E-state index in [1.807, 2.05) is 0 Å². The number of alkyl halides is 3. The molecule has 0 aliphatic heterocycles. The van der Waals surface area contributed by atoms with Crippen molar-refractivity contribution in [2.24, 2.45) is 5.92 Å². The van der Waals surface area contributed by atoms with Gasteiger partial charge in [-0.25, -0.2) is 0 Å². The number of hydrogen-bond donors (Lipinski definition) is 0. The van der Waals surface area contributed by atoms with E-state index in [2.05, 4.69) is 15.9 Å². The Balaban J connectivity index is 2.35. The Hall–Kier alpha value is 0.530. The minimum Gasteiger partial charge on any atom is -0.462 e. The van der Waals surface area contributed by atoms with Crippen LogP contribution in [0.4, 0.5) is 0 Å². The van der Waals surface area contributed by atoms with Crippen LogP contribution in [-0.2, 0) is 9.53 Å². The highest BCUT2D eigenvalue weighted by Crippen LogP contribution is 2.27. The van der Waals surface area contributed by atoms with Crippen LogP contribution in [0.25, 0.3) is 0 Å². The van der Waals surface area contributed by atoms with Crippen molar-refractivity contribution in [3.8, 4) is 0 Å². The van der Waals surface area contributed by atoms with Crippen LogP contribution in [0.2, 0.25) is 0 Å². The van der Waals surface area contributed by atoms with E-state index in [1.165, 1.54) is 0 Å². The quantitative estimate of drug-likeness (QED) is 0.582. The molecule has 1 fully saturated rings. The van der Waals surface area contributed by atoms with Crippen molar-refractivity contribution in [1.82, 2.24) is 0 Å². The molecule has 1 rings (SSSR count). The summed E-state index contributed by atoms with van der Waals surface area (Å²) in [6.07, 6.45) is 2.05. The predicted molar refractivity (Wildman–Crippen MR) is 51.9 cm³/mol. The van der Waals surface area contributed by atoms with Crippen LogP contribution in [0.15, 0.2) is 0 Å². The SMILES string of the molecule is O=C(OC1CC1)C(CBr)C(Cl)Cl. The van der Waals surface area contributed by atoms with Gasteiger partial charge >= 0.3 is 5.97 Å². The summed E-state index contributed by atoms with van der Waals surface area (Å²) in [7, 11) is 0. The highest BCUT2D eigenvalue weighted by molar-refractivity contribution is 9.09. The van der Waals surface area contributed by atoms with Crippen molar-refractivity contribution in [3.05, 3.63) is 0 Å². The summed E-state index contributed by atoms with van der Waals surface area (Å²) in [5, 5.41) is 0.441. The van der Waals surface area contributed by atoms with E-state index in [4.69, 9.17) is 27.9 Å². The van der Waals surface area contributed by atoms with Gasteiger partial charge < -0.3 is 4.74 Å². The lowest BCUT2D eigenvalue weighted by Crippen LogP contribution is -2.25. The largest absolute Gasteiger partial charge is 0.462 e. The lowest BCUT2D eigenvalue weighted by Gasteiger charge is -2.13. The Labute approximate surface area is 89.7 Å². The molecule has 0 bridgehead atoms. The number of ether oxygens (including phenoxy) is 1. The highest BCUT2D eigenvalue weighted by Gasteiger charge is 2.32. The standard InChI is InChI=1S/C7H9BrCl2O2/c8-3-5(6(9)10)7(11)12-4-1-2-4/h4-6H,1-3H2. The fourth-order valence-electron chi connectivity index (χ4n) is 0.671. The van der Waals surface area contributed by atoms with Crippen molar-refractivity contribution >= 4 is 45.1 Å². The molecule has 1 unspecified atom stereocenters. The number of halogens is 3. The Morgan fingerprint density at radius 3 is 2.50 bits per heavy atom. The highest BCUT2D eigenvalue weighted by atomic mass is 79.9. The Morgan fingerprint density at radius 1 is 1.58 bits per heavy atom. The molecule has 0 N–H and O–H groups in total. The topological polar surface area (TPSA) is 26.3 Å². The van der Waals surface area contributed by atoms with E-state index in [0.29, 0.717) is 5.33 Å². The number of hydrogen-bond acceptors (Lipinski definition) is 2. The number of carbonyl (C=O) groups excluding carboxylic acids is 1. The molecule has 1 saturated carbocycles. The molecule has 0 heterocycles. The maximum Gasteiger partial charge on any atom is 0.312 e. The van der Waals surface area contributed by atoms with Crippen LogP contribution >= 0.6 is 39.1 Å². The van der Waals surface area contributed by atoms with Gasteiger partial charge in [-0.2, -0.15) is 0 Å². The molecular formula is C7H9BrCl2O2. The van der Waals surface area contributed by atoms with Crippen LogP contribution in [0, 0.1) is 5.92 Å². The van der Waals surface area contributed by atoms with Crippen LogP contribution in [0.3, 0.4) is 0 Å². The number of carbonyl (C=O) groups is 1. The van der Waals surface area contributed by atoms with Crippen LogP contribution < -0.4 is 0 Å². The zero-order chi connectivity index (χ0) is 9.14. The fraction of sp³-hybridized carbons (Fsp3) is 0.857. The summed E-state index contributed by atoms with van der Waals surface area (Å²) >= 11 is 14.3.